The number of hydrogen-bond donors (Lipinski definition) is 0. The van der Waals surface area contributed by atoms with Gasteiger partial charge < -0.3 is 4.42 Å². The molecule has 0 aliphatic carbocycles. The summed E-state index contributed by atoms with van der Waals surface area (Å²) in [5.41, 5.74) is 4.35. The van der Waals surface area contributed by atoms with E-state index < -0.39 is 0 Å². The van der Waals surface area contributed by atoms with E-state index in [0.29, 0.717) is 34.0 Å². The molecule has 0 atom stereocenters. The molecule has 1 aliphatic rings. The van der Waals surface area contributed by atoms with E-state index in [2.05, 4.69) is 23.7 Å². The Hall–Kier alpha value is -2.24. The van der Waals surface area contributed by atoms with Gasteiger partial charge in [0.15, 0.2) is 5.43 Å². The molecule has 3 aromatic rings. The second-order valence-corrected chi connectivity index (χ2v) is 7.91. The lowest BCUT2D eigenvalue weighted by atomic mass is 10.1. The SMILES string of the molecule is Cc1cc2occ(CN3CCc4nc(C(C)C)ncc4C3)c(=O)c2cc1Cl. The van der Waals surface area contributed by atoms with Crippen LogP contribution in [0.4, 0.5) is 0 Å². The van der Waals surface area contributed by atoms with Gasteiger partial charge >= 0.3 is 0 Å². The van der Waals surface area contributed by atoms with Gasteiger partial charge in [-0.05, 0) is 24.6 Å². The van der Waals surface area contributed by atoms with Gasteiger partial charge in [0.1, 0.15) is 11.4 Å². The molecule has 1 aliphatic heterocycles. The largest absolute Gasteiger partial charge is 0.464 e. The Labute approximate surface area is 163 Å². The summed E-state index contributed by atoms with van der Waals surface area (Å²) in [5, 5.41) is 1.11. The van der Waals surface area contributed by atoms with E-state index in [1.807, 2.05) is 19.2 Å². The van der Waals surface area contributed by atoms with E-state index >= 15 is 0 Å². The fraction of sp³-hybridized carbons (Fsp3) is 0.381. The van der Waals surface area contributed by atoms with E-state index in [1.54, 1.807) is 12.3 Å². The summed E-state index contributed by atoms with van der Waals surface area (Å²) in [6, 6.07) is 3.51. The molecule has 0 spiro atoms. The minimum Gasteiger partial charge on any atom is -0.464 e. The first-order valence-electron chi connectivity index (χ1n) is 9.20. The fourth-order valence-electron chi connectivity index (χ4n) is 3.44. The predicted octanol–water partition coefficient (Wildman–Crippen LogP) is 4.23. The van der Waals surface area contributed by atoms with Gasteiger partial charge in [0.05, 0.1) is 11.6 Å². The van der Waals surface area contributed by atoms with Gasteiger partial charge in [0.25, 0.3) is 0 Å². The maximum Gasteiger partial charge on any atom is 0.197 e. The van der Waals surface area contributed by atoms with Crippen LogP contribution in [0.15, 0.2) is 33.8 Å². The second kappa shape index (κ2) is 7.06. The van der Waals surface area contributed by atoms with Crippen LogP contribution < -0.4 is 5.43 Å². The summed E-state index contributed by atoms with van der Waals surface area (Å²) in [4.78, 5) is 24.3. The molecule has 6 heteroatoms. The molecule has 140 valence electrons. The topological polar surface area (TPSA) is 59.2 Å². The second-order valence-electron chi connectivity index (χ2n) is 7.50. The normalized spacial score (nSPS) is 14.7. The third kappa shape index (κ3) is 3.49. The van der Waals surface area contributed by atoms with Crippen LogP contribution in [0, 0.1) is 6.92 Å². The summed E-state index contributed by atoms with van der Waals surface area (Å²) < 4.78 is 5.70. The van der Waals surface area contributed by atoms with Crippen molar-refractivity contribution < 1.29 is 4.42 Å². The predicted molar refractivity (Wildman–Crippen MR) is 106 cm³/mol. The highest BCUT2D eigenvalue weighted by atomic mass is 35.5. The lowest BCUT2D eigenvalue weighted by Crippen LogP contribution is -2.32. The van der Waals surface area contributed by atoms with E-state index in [4.69, 9.17) is 21.0 Å². The van der Waals surface area contributed by atoms with Crippen LogP contribution in [0.25, 0.3) is 11.0 Å². The lowest BCUT2D eigenvalue weighted by Gasteiger charge is -2.28. The molecule has 3 heterocycles. The van der Waals surface area contributed by atoms with Crippen LogP contribution >= 0.6 is 11.6 Å². The van der Waals surface area contributed by atoms with Crippen molar-refractivity contribution in [3.05, 3.63) is 68.0 Å². The molecule has 0 fully saturated rings. The van der Waals surface area contributed by atoms with Crippen LogP contribution in [-0.4, -0.2) is 21.4 Å². The number of fused-ring (bicyclic) bond motifs is 2. The Morgan fingerprint density at radius 3 is 2.93 bits per heavy atom. The average Bonchev–Trinajstić information content (AvgIpc) is 2.65. The summed E-state index contributed by atoms with van der Waals surface area (Å²) in [7, 11) is 0. The van der Waals surface area contributed by atoms with Gasteiger partial charge in [-0.25, -0.2) is 9.97 Å². The standard InChI is InChI=1S/C21H22ClN3O2/c1-12(2)21-23-8-14-9-25(5-4-18(14)24-21)10-15-11-27-19-6-13(3)17(22)7-16(19)20(15)26/h6-8,11-12H,4-5,9-10H2,1-3H3. The van der Waals surface area contributed by atoms with E-state index in [-0.39, 0.29) is 5.43 Å². The Bertz CT molecular complexity index is 1070. The molecule has 5 nitrogen and oxygen atoms in total. The van der Waals surface area contributed by atoms with Gasteiger partial charge in [-0.15, -0.1) is 0 Å². The number of rotatable bonds is 3. The third-order valence-corrected chi connectivity index (χ3v) is 5.47. The zero-order valence-electron chi connectivity index (χ0n) is 15.8. The highest BCUT2D eigenvalue weighted by molar-refractivity contribution is 6.32. The molecule has 2 aromatic heterocycles. The average molecular weight is 384 g/mol. The molecule has 0 N–H and O–H groups in total. The Morgan fingerprint density at radius 1 is 1.33 bits per heavy atom. The zero-order chi connectivity index (χ0) is 19.1. The summed E-state index contributed by atoms with van der Waals surface area (Å²) in [5.74, 6) is 1.22. The molecular formula is C21H22ClN3O2. The highest BCUT2D eigenvalue weighted by Crippen LogP contribution is 2.23. The van der Waals surface area contributed by atoms with Crippen molar-refractivity contribution in [3.63, 3.8) is 0 Å². The quantitative estimate of drug-likeness (QED) is 0.677. The van der Waals surface area contributed by atoms with Crippen molar-refractivity contribution in [2.24, 2.45) is 0 Å². The summed E-state index contributed by atoms with van der Waals surface area (Å²) in [6.45, 7) is 8.23. The van der Waals surface area contributed by atoms with Crippen molar-refractivity contribution in [2.45, 2.75) is 46.2 Å². The van der Waals surface area contributed by atoms with E-state index in [9.17, 15) is 4.79 Å². The highest BCUT2D eigenvalue weighted by Gasteiger charge is 2.21. The Balaban J connectivity index is 1.59. The first-order chi connectivity index (χ1) is 12.9. The van der Waals surface area contributed by atoms with Crippen LogP contribution in [-0.2, 0) is 19.5 Å². The third-order valence-electron chi connectivity index (χ3n) is 5.07. The van der Waals surface area contributed by atoms with Crippen molar-refractivity contribution in [2.75, 3.05) is 6.54 Å². The Morgan fingerprint density at radius 2 is 2.15 bits per heavy atom. The van der Waals surface area contributed by atoms with E-state index in [1.165, 1.54) is 0 Å². The van der Waals surface area contributed by atoms with Crippen molar-refractivity contribution in [3.8, 4) is 0 Å². The number of benzene rings is 1. The van der Waals surface area contributed by atoms with Gasteiger partial charge in [0, 0.05) is 60.0 Å². The first kappa shape index (κ1) is 18.1. The lowest BCUT2D eigenvalue weighted by molar-refractivity contribution is 0.240. The molecule has 0 amide bonds. The van der Waals surface area contributed by atoms with Gasteiger partial charge in [-0.3, -0.25) is 9.69 Å². The molecule has 0 radical (unpaired) electrons. The monoisotopic (exact) mass is 383 g/mol. The number of nitrogens with zero attached hydrogens (tertiary/aromatic N) is 3. The van der Waals surface area contributed by atoms with Gasteiger partial charge in [-0.1, -0.05) is 25.4 Å². The van der Waals surface area contributed by atoms with E-state index in [0.717, 1.165) is 42.2 Å². The van der Waals surface area contributed by atoms with Crippen LogP contribution in [0.5, 0.6) is 0 Å². The van der Waals surface area contributed by atoms with Crippen LogP contribution in [0.3, 0.4) is 0 Å². The maximum absolute atomic E-state index is 12.9. The number of aromatic nitrogens is 2. The molecule has 0 bridgehead atoms. The smallest absolute Gasteiger partial charge is 0.197 e. The van der Waals surface area contributed by atoms with Crippen molar-refractivity contribution >= 4 is 22.6 Å². The van der Waals surface area contributed by atoms with Crippen molar-refractivity contribution in [1.82, 2.24) is 14.9 Å². The molecule has 1 aromatic carbocycles. The minimum absolute atomic E-state index is 0.0182. The fourth-order valence-corrected chi connectivity index (χ4v) is 3.61. The molecule has 0 saturated carbocycles. The molecule has 0 unspecified atom stereocenters. The zero-order valence-corrected chi connectivity index (χ0v) is 16.5. The van der Waals surface area contributed by atoms with Crippen LogP contribution in [0.1, 0.15) is 48.0 Å². The number of hydrogen-bond acceptors (Lipinski definition) is 5. The summed E-state index contributed by atoms with van der Waals surface area (Å²) in [6.07, 6.45) is 4.36. The van der Waals surface area contributed by atoms with Crippen molar-refractivity contribution in [1.29, 1.82) is 0 Å². The maximum atomic E-state index is 12.9. The molecule has 0 saturated heterocycles. The first-order valence-corrected chi connectivity index (χ1v) is 9.57. The van der Waals surface area contributed by atoms with Crippen LogP contribution in [0.2, 0.25) is 5.02 Å². The Kier molecular flexibility index (Phi) is 4.74. The molecule has 27 heavy (non-hydrogen) atoms. The minimum atomic E-state index is -0.0182. The van der Waals surface area contributed by atoms with Gasteiger partial charge in [0.2, 0.25) is 0 Å². The van der Waals surface area contributed by atoms with Gasteiger partial charge in [-0.2, -0.15) is 0 Å². The number of aryl methyl sites for hydroxylation is 1. The molecular weight excluding hydrogens is 362 g/mol. The molecule has 4 rings (SSSR count). The number of halogens is 1. The summed E-state index contributed by atoms with van der Waals surface area (Å²) >= 11 is 6.19.